The zero-order chi connectivity index (χ0) is 12.5. The fourth-order valence-electron chi connectivity index (χ4n) is 2.57. The highest BCUT2D eigenvalue weighted by Crippen LogP contribution is 2.41. The fraction of sp³-hybridized carbons (Fsp3) is 0.692. The van der Waals surface area contributed by atoms with Crippen LogP contribution in [0.15, 0.2) is 12.1 Å². The van der Waals surface area contributed by atoms with Gasteiger partial charge in [0.1, 0.15) is 0 Å². The molecule has 1 N–H and O–H groups in total. The highest BCUT2D eigenvalue weighted by Gasteiger charge is 2.33. The van der Waals surface area contributed by atoms with Gasteiger partial charge in [-0.05, 0) is 17.5 Å². The normalized spacial score (nSPS) is 18.3. The lowest BCUT2D eigenvalue weighted by Gasteiger charge is -2.41. The smallest absolute Gasteiger partial charge is 0.0931 e. The predicted octanol–water partition coefficient (Wildman–Crippen LogP) is 4.24. The highest BCUT2D eigenvalue weighted by atomic mass is 35.5. The Morgan fingerprint density at radius 3 is 2.21 bits per heavy atom. The molecular weight excluding hydrogens is 323 g/mol. The van der Waals surface area contributed by atoms with E-state index in [1.165, 1.54) is 4.88 Å². The second kappa shape index (κ2) is 8.06. The summed E-state index contributed by atoms with van der Waals surface area (Å²) in [6, 6.07) is 4.68. The average molecular weight is 346 g/mol. The van der Waals surface area contributed by atoms with Crippen LogP contribution in [-0.4, -0.2) is 31.1 Å². The van der Waals surface area contributed by atoms with Gasteiger partial charge < -0.3 is 5.32 Å². The maximum Gasteiger partial charge on any atom is 0.0931 e. The van der Waals surface area contributed by atoms with Gasteiger partial charge in [0.25, 0.3) is 0 Å². The van der Waals surface area contributed by atoms with Crippen molar-refractivity contribution in [2.45, 2.75) is 26.8 Å². The van der Waals surface area contributed by atoms with E-state index in [1.807, 2.05) is 6.07 Å². The third-order valence-electron chi connectivity index (χ3n) is 3.20. The molecule has 1 aromatic heterocycles. The Hall–Kier alpha value is 0.490. The molecule has 0 radical (unpaired) electrons. The van der Waals surface area contributed by atoms with Crippen LogP contribution in [0.3, 0.4) is 0 Å². The molecule has 19 heavy (non-hydrogen) atoms. The second-order valence-corrected chi connectivity index (χ2v) is 7.44. The second-order valence-electron chi connectivity index (χ2n) is 5.70. The molecule has 0 aliphatic carbocycles. The summed E-state index contributed by atoms with van der Waals surface area (Å²) in [5, 5.41) is 3.41. The predicted molar refractivity (Wildman–Crippen MR) is 90.5 cm³/mol. The zero-order valence-corrected chi connectivity index (χ0v) is 14.8. The van der Waals surface area contributed by atoms with Crippen LogP contribution in [0.4, 0.5) is 0 Å². The summed E-state index contributed by atoms with van der Waals surface area (Å²) in [6.45, 7) is 11.4. The molecular formula is C13H23Cl3N2S. The third kappa shape index (κ3) is 5.07. The van der Waals surface area contributed by atoms with E-state index in [1.54, 1.807) is 11.3 Å². The van der Waals surface area contributed by atoms with Crippen molar-refractivity contribution in [2.75, 3.05) is 26.2 Å². The van der Waals surface area contributed by atoms with Gasteiger partial charge in [-0.2, -0.15) is 0 Å². The van der Waals surface area contributed by atoms with Crippen LogP contribution in [0.1, 0.15) is 31.7 Å². The molecule has 2 nitrogen and oxygen atoms in total. The van der Waals surface area contributed by atoms with E-state index in [9.17, 15) is 0 Å². The SMILES string of the molecule is CC(C)(C)[C@H](c1ccc(Cl)s1)N1CCNCC1.Cl.Cl. The molecule has 1 aliphatic heterocycles. The summed E-state index contributed by atoms with van der Waals surface area (Å²) in [7, 11) is 0. The van der Waals surface area contributed by atoms with Crippen LogP contribution in [-0.2, 0) is 0 Å². The summed E-state index contributed by atoms with van der Waals surface area (Å²) < 4.78 is 0.893. The molecule has 1 fully saturated rings. The van der Waals surface area contributed by atoms with Gasteiger partial charge in [-0.3, -0.25) is 4.90 Å². The Bertz CT molecular complexity index is 370. The van der Waals surface area contributed by atoms with Crippen molar-refractivity contribution in [3.05, 3.63) is 21.3 Å². The first kappa shape index (κ1) is 19.5. The molecule has 0 saturated carbocycles. The molecule has 6 heteroatoms. The fourth-order valence-corrected chi connectivity index (χ4v) is 4.01. The number of thiophene rings is 1. The van der Waals surface area contributed by atoms with Crippen LogP contribution in [0.5, 0.6) is 0 Å². The van der Waals surface area contributed by atoms with E-state index in [0.29, 0.717) is 6.04 Å². The molecule has 2 heterocycles. The number of halogens is 3. The maximum atomic E-state index is 6.08. The molecule has 1 saturated heterocycles. The van der Waals surface area contributed by atoms with Crippen LogP contribution in [0, 0.1) is 5.41 Å². The van der Waals surface area contributed by atoms with E-state index in [-0.39, 0.29) is 30.2 Å². The van der Waals surface area contributed by atoms with Crippen molar-refractivity contribution in [3.63, 3.8) is 0 Å². The Kier molecular flexibility index (Phi) is 8.27. The van der Waals surface area contributed by atoms with E-state index < -0.39 is 0 Å². The van der Waals surface area contributed by atoms with E-state index >= 15 is 0 Å². The minimum absolute atomic E-state index is 0. The Balaban J connectivity index is 0.00000162. The standard InChI is InChI=1S/C13H21ClN2S.2ClH/c1-13(2,3)12(10-4-5-11(14)17-10)16-8-6-15-7-9-16;;/h4-5,12,15H,6-9H2,1-3H3;2*1H/t12-;;/m0../s1. The van der Waals surface area contributed by atoms with E-state index in [0.717, 1.165) is 30.5 Å². The highest BCUT2D eigenvalue weighted by molar-refractivity contribution is 7.16. The molecule has 0 bridgehead atoms. The topological polar surface area (TPSA) is 15.3 Å². The summed E-state index contributed by atoms with van der Waals surface area (Å²) >= 11 is 7.80. The molecule has 0 aromatic carbocycles. The van der Waals surface area contributed by atoms with Gasteiger partial charge in [0.05, 0.1) is 4.34 Å². The summed E-state index contributed by atoms with van der Waals surface area (Å²) in [4.78, 5) is 3.97. The average Bonchev–Trinajstić information content (AvgIpc) is 2.64. The molecule has 112 valence electrons. The van der Waals surface area contributed by atoms with Gasteiger partial charge in [0.15, 0.2) is 0 Å². The zero-order valence-electron chi connectivity index (χ0n) is 11.6. The Morgan fingerprint density at radius 2 is 1.79 bits per heavy atom. The third-order valence-corrected chi connectivity index (χ3v) is 4.48. The summed E-state index contributed by atoms with van der Waals surface area (Å²) in [5.41, 5.74) is 0.242. The molecule has 0 amide bonds. The van der Waals surface area contributed by atoms with Crippen LogP contribution >= 0.6 is 47.8 Å². The molecule has 1 aromatic rings. The first-order valence-electron chi connectivity index (χ1n) is 6.18. The number of hydrogen-bond acceptors (Lipinski definition) is 3. The summed E-state index contributed by atoms with van der Waals surface area (Å²) in [5.74, 6) is 0. The van der Waals surface area contributed by atoms with Crippen molar-refractivity contribution >= 4 is 47.8 Å². The van der Waals surface area contributed by atoms with E-state index in [4.69, 9.17) is 11.6 Å². The Labute approximate surface area is 137 Å². The minimum Gasteiger partial charge on any atom is -0.314 e. The van der Waals surface area contributed by atoms with Crippen molar-refractivity contribution in [1.82, 2.24) is 10.2 Å². The Morgan fingerprint density at radius 1 is 1.21 bits per heavy atom. The monoisotopic (exact) mass is 344 g/mol. The number of hydrogen-bond donors (Lipinski definition) is 1. The molecule has 0 unspecified atom stereocenters. The van der Waals surface area contributed by atoms with Gasteiger partial charge in [0, 0.05) is 37.1 Å². The first-order valence-corrected chi connectivity index (χ1v) is 7.38. The van der Waals surface area contributed by atoms with Gasteiger partial charge in [-0.1, -0.05) is 32.4 Å². The first-order chi connectivity index (χ1) is 7.98. The lowest BCUT2D eigenvalue weighted by molar-refractivity contribution is 0.0888. The largest absolute Gasteiger partial charge is 0.314 e. The quantitative estimate of drug-likeness (QED) is 0.862. The molecule has 1 aliphatic rings. The summed E-state index contributed by atoms with van der Waals surface area (Å²) in [6.07, 6.45) is 0. The van der Waals surface area contributed by atoms with Crippen LogP contribution in [0.2, 0.25) is 4.34 Å². The van der Waals surface area contributed by atoms with Crippen molar-refractivity contribution in [3.8, 4) is 0 Å². The lowest BCUT2D eigenvalue weighted by atomic mass is 9.84. The van der Waals surface area contributed by atoms with Crippen molar-refractivity contribution < 1.29 is 0 Å². The van der Waals surface area contributed by atoms with Gasteiger partial charge in [-0.15, -0.1) is 36.2 Å². The van der Waals surface area contributed by atoms with Gasteiger partial charge >= 0.3 is 0 Å². The van der Waals surface area contributed by atoms with Gasteiger partial charge in [-0.25, -0.2) is 0 Å². The number of rotatable bonds is 2. The number of piperazine rings is 1. The van der Waals surface area contributed by atoms with Crippen LogP contribution < -0.4 is 5.32 Å². The number of nitrogens with zero attached hydrogens (tertiary/aromatic N) is 1. The molecule has 0 spiro atoms. The molecule has 2 rings (SSSR count). The van der Waals surface area contributed by atoms with E-state index in [2.05, 4.69) is 37.1 Å². The minimum atomic E-state index is 0. The maximum absolute atomic E-state index is 6.08. The number of nitrogens with one attached hydrogen (secondary N) is 1. The van der Waals surface area contributed by atoms with Crippen molar-refractivity contribution in [2.24, 2.45) is 5.41 Å². The molecule has 1 atom stereocenters. The lowest BCUT2D eigenvalue weighted by Crippen LogP contribution is -2.48. The van der Waals surface area contributed by atoms with Crippen molar-refractivity contribution in [1.29, 1.82) is 0 Å². The van der Waals surface area contributed by atoms with Gasteiger partial charge in [0.2, 0.25) is 0 Å². The van der Waals surface area contributed by atoms with Crippen LogP contribution in [0.25, 0.3) is 0 Å².